The molecule has 1 saturated heterocycles. The molecule has 1 aromatic rings. The summed E-state index contributed by atoms with van der Waals surface area (Å²) in [7, 11) is 0. The van der Waals surface area contributed by atoms with Gasteiger partial charge in [-0.2, -0.15) is 0 Å². The van der Waals surface area contributed by atoms with Crippen molar-refractivity contribution in [1.82, 2.24) is 0 Å². The molecule has 1 aromatic carbocycles. The van der Waals surface area contributed by atoms with E-state index >= 15 is 0 Å². The number of fused-ring (bicyclic) bond motifs is 1. The quantitative estimate of drug-likeness (QED) is 0.700. The van der Waals surface area contributed by atoms with E-state index in [1.165, 1.54) is 19.3 Å². The third kappa shape index (κ3) is 1.80. The van der Waals surface area contributed by atoms with Crippen molar-refractivity contribution in [3.63, 3.8) is 0 Å². The Kier molecular flexibility index (Phi) is 2.47. The molecule has 15 heavy (non-hydrogen) atoms. The number of hydrogen-bond acceptors (Lipinski definition) is 2. The summed E-state index contributed by atoms with van der Waals surface area (Å²) in [6.07, 6.45) is 4.07. The number of rotatable bonds is 1. The minimum absolute atomic E-state index is 0.134. The summed E-state index contributed by atoms with van der Waals surface area (Å²) in [5.41, 5.74) is 1.14. The Hall–Kier alpha value is -0.860. The van der Waals surface area contributed by atoms with Crippen LogP contribution in [0.1, 0.15) is 31.1 Å². The first-order valence-electron chi connectivity index (χ1n) is 5.75. The minimum Gasteiger partial charge on any atom is -0.348 e. The van der Waals surface area contributed by atoms with Crippen LogP contribution < -0.4 is 0 Å². The third-order valence-electron chi connectivity index (χ3n) is 3.42. The molecule has 2 heteroatoms. The Morgan fingerprint density at radius 2 is 1.93 bits per heavy atom. The number of hydrogen-bond donors (Lipinski definition) is 0. The van der Waals surface area contributed by atoms with Crippen LogP contribution in [0.25, 0.3) is 0 Å². The molecule has 1 saturated carbocycles. The molecule has 0 unspecified atom stereocenters. The fourth-order valence-electron chi connectivity index (χ4n) is 2.57. The van der Waals surface area contributed by atoms with Gasteiger partial charge in [-0.3, -0.25) is 0 Å². The molecule has 0 spiro atoms. The van der Waals surface area contributed by atoms with Gasteiger partial charge in [0.15, 0.2) is 6.29 Å². The average molecular weight is 204 g/mol. The van der Waals surface area contributed by atoms with Gasteiger partial charge in [0.1, 0.15) is 0 Å². The second-order valence-corrected chi connectivity index (χ2v) is 4.44. The molecule has 0 amide bonds. The molecule has 1 heterocycles. The molecule has 3 atom stereocenters. The van der Waals surface area contributed by atoms with E-state index in [-0.39, 0.29) is 6.29 Å². The van der Waals surface area contributed by atoms with Gasteiger partial charge in [-0.1, -0.05) is 36.8 Å². The summed E-state index contributed by atoms with van der Waals surface area (Å²) in [4.78, 5) is 0. The zero-order chi connectivity index (χ0) is 10.1. The Morgan fingerprint density at radius 3 is 2.80 bits per heavy atom. The lowest BCUT2D eigenvalue weighted by Crippen LogP contribution is -2.32. The average Bonchev–Trinajstić information content (AvgIpc) is 2.77. The SMILES string of the molecule is c1ccc([C@H]2OC[C@H]3CCC[C@H]3O2)cc1. The highest BCUT2D eigenvalue weighted by Crippen LogP contribution is 2.37. The van der Waals surface area contributed by atoms with Gasteiger partial charge in [-0.25, -0.2) is 0 Å². The molecule has 2 aliphatic rings. The number of benzene rings is 1. The fraction of sp³-hybridized carbons (Fsp3) is 0.538. The maximum Gasteiger partial charge on any atom is 0.184 e. The van der Waals surface area contributed by atoms with Crippen molar-refractivity contribution in [1.29, 1.82) is 0 Å². The van der Waals surface area contributed by atoms with Crippen LogP contribution in [0, 0.1) is 5.92 Å². The van der Waals surface area contributed by atoms with Gasteiger partial charge in [-0.15, -0.1) is 0 Å². The van der Waals surface area contributed by atoms with E-state index in [1.807, 2.05) is 18.2 Å². The van der Waals surface area contributed by atoms with E-state index in [9.17, 15) is 0 Å². The fourth-order valence-corrected chi connectivity index (χ4v) is 2.57. The first-order valence-corrected chi connectivity index (χ1v) is 5.75. The Morgan fingerprint density at radius 1 is 1.07 bits per heavy atom. The van der Waals surface area contributed by atoms with E-state index in [0.717, 1.165) is 12.2 Å². The van der Waals surface area contributed by atoms with Gasteiger partial charge >= 0.3 is 0 Å². The molecular weight excluding hydrogens is 188 g/mol. The van der Waals surface area contributed by atoms with E-state index < -0.39 is 0 Å². The molecule has 2 nitrogen and oxygen atoms in total. The van der Waals surface area contributed by atoms with Crippen molar-refractivity contribution in [3.8, 4) is 0 Å². The second-order valence-electron chi connectivity index (χ2n) is 4.44. The van der Waals surface area contributed by atoms with Crippen molar-refractivity contribution in [3.05, 3.63) is 35.9 Å². The monoisotopic (exact) mass is 204 g/mol. The van der Waals surface area contributed by atoms with E-state index in [0.29, 0.717) is 12.0 Å². The summed E-state index contributed by atoms with van der Waals surface area (Å²) in [5.74, 6) is 0.643. The minimum atomic E-state index is -0.134. The lowest BCUT2D eigenvalue weighted by molar-refractivity contribution is -0.233. The summed E-state index contributed by atoms with van der Waals surface area (Å²) < 4.78 is 11.7. The van der Waals surface area contributed by atoms with Crippen LogP contribution in [0.5, 0.6) is 0 Å². The Balaban J connectivity index is 1.74. The zero-order valence-electron chi connectivity index (χ0n) is 8.76. The zero-order valence-corrected chi connectivity index (χ0v) is 8.76. The summed E-state index contributed by atoms with van der Waals surface area (Å²) in [6, 6.07) is 10.2. The van der Waals surface area contributed by atoms with Gasteiger partial charge in [0.25, 0.3) is 0 Å². The van der Waals surface area contributed by atoms with Crippen LogP contribution in [-0.2, 0) is 9.47 Å². The van der Waals surface area contributed by atoms with E-state index in [1.54, 1.807) is 0 Å². The smallest absolute Gasteiger partial charge is 0.184 e. The highest BCUT2D eigenvalue weighted by atomic mass is 16.7. The standard InChI is InChI=1S/C13H16O2/c1-2-5-10(6-3-1)13-14-9-11-7-4-8-12(11)15-13/h1-3,5-6,11-13H,4,7-9H2/t11-,12-,13+/m1/s1. The normalized spacial score (nSPS) is 35.1. The number of ether oxygens (including phenoxy) is 2. The Labute approximate surface area is 90.2 Å². The van der Waals surface area contributed by atoms with Crippen molar-refractivity contribution >= 4 is 0 Å². The van der Waals surface area contributed by atoms with Gasteiger partial charge in [-0.05, 0) is 12.8 Å². The molecule has 3 rings (SSSR count). The van der Waals surface area contributed by atoms with Crippen LogP contribution in [-0.4, -0.2) is 12.7 Å². The maximum absolute atomic E-state index is 5.97. The third-order valence-corrected chi connectivity index (χ3v) is 3.42. The molecule has 0 aromatic heterocycles. The maximum atomic E-state index is 5.97. The van der Waals surface area contributed by atoms with Crippen LogP contribution in [0.2, 0.25) is 0 Å². The topological polar surface area (TPSA) is 18.5 Å². The van der Waals surface area contributed by atoms with Crippen molar-refractivity contribution in [2.75, 3.05) is 6.61 Å². The van der Waals surface area contributed by atoms with Gasteiger partial charge in [0, 0.05) is 11.5 Å². The molecular formula is C13H16O2. The second kappa shape index (κ2) is 3.95. The largest absolute Gasteiger partial charge is 0.348 e. The van der Waals surface area contributed by atoms with Crippen LogP contribution in [0.15, 0.2) is 30.3 Å². The molecule has 80 valence electrons. The summed E-state index contributed by atoms with van der Waals surface area (Å²) in [5, 5.41) is 0. The predicted octanol–water partition coefficient (Wildman–Crippen LogP) is 2.90. The van der Waals surface area contributed by atoms with Crippen molar-refractivity contribution in [2.24, 2.45) is 5.92 Å². The lowest BCUT2D eigenvalue weighted by atomic mass is 10.1. The molecule has 2 fully saturated rings. The van der Waals surface area contributed by atoms with Gasteiger partial charge < -0.3 is 9.47 Å². The van der Waals surface area contributed by atoms with Crippen LogP contribution >= 0.6 is 0 Å². The van der Waals surface area contributed by atoms with Gasteiger partial charge in [0.2, 0.25) is 0 Å². The van der Waals surface area contributed by atoms with Gasteiger partial charge in [0.05, 0.1) is 12.7 Å². The van der Waals surface area contributed by atoms with Crippen LogP contribution in [0.3, 0.4) is 0 Å². The molecule has 0 N–H and O–H groups in total. The highest BCUT2D eigenvalue weighted by Gasteiger charge is 2.35. The van der Waals surface area contributed by atoms with E-state index in [4.69, 9.17) is 9.47 Å². The van der Waals surface area contributed by atoms with Crippen molar-refractivity contribution in [2.45, 2.75) is 31.7 Å². The first-order chi connectivity index (χ1) is 7.43. The predicted molar refractivity (Wildman–Crippen MR) is 57.3 cm³/mol. The Bertz CT molecular complexity index is 323. The lowest BCUT2D eigenvalue weighted by Gasteiger charge is -2.32. The van der Waals surface area contributed by atoms with Crippen LogP contribution in [0.4, 0.5) is 0 Å². The van der Waals surface area contributed by atoms with E-state index in [2.05, 4.69) is 12.1 Å². The molecule has 1 aliphatic carbocycles. The summed E-state index contributed by atoms with van der Waals surface area (Å²) >= 11 is 0. The molecule has 0 radical (unpaired) electrons. The van der Waals surface area contributed by atoms with Crippen molar-refractivity contribution < 1.29 is 9.47 Å². The molecule has 0 bridgehead atoms. The highest BCUT2D eigenvalue weighted by molar-refractivity contribution is 5.16. The summed E-state index contributed by atoms with van der Waals surface area (Å²) in [6.45, 7) is 0.865. The molecule has 1 aliphatic heterocycles. The first kappa shape index (κ1) is 9.37.